The van der Waals surface area contributed by atoms with Crippen molar-refractivity contribution < 1.29 is 9.21 Å². The average molecular weight is 444 g/mol. The Labute approximate surface area is 179 Å². The summed E-state index contributed by atoms with van der Waals surface area (Å²) in [7, 11) is 0. The molecule has 0 fully saturated rings. The summed E-state index contributed by atoms with van der Waals surface area (Å²) in [5.74, 6) is 0.402. The first-order valence-corrected chi connectivity index (χ1v) is 10.1. The van der Waals surface area contributed by atoms with Gasteiger partial charge in [-0.1, -0.05) is 23.2 Å². The van der Waals surface area contributed by atoms with Crippen molar-refractivity contribution in [3.63, 3.8) is 0 Å². The molecule has 0 saturated carbocycles. The fourth-order valence-electron chi connectivity index (χ4n) is 4.12. The largest absolute Gasteiger partial charge is 0.460 e. The van der Waals surface area contributed by atoms with Gasteiger partial charge < -0.3 is 9.73 Å². The number of hydrogen-bond donors (Lipinski definition) is 3. The van der Waals surface area contributed by atoms with E-state index in [2.05, 4.69) is 15.3 Å². The fourth-order valence-corrected chi connectivity index (χ4v) is 4.62. The summed E-state index contributed by atoms with van der Waals surface area (Å²) < 4.78 is 6.08. The van der Waals surface area contributed by atoms with Crippen molar-refractivity contribution in [1.82, 2.24) is 9.97 Å². The van der Waals surface area contributed by atoms with Gasteiger partial charge in [-0.05, 0) is 43.2 Å². The highest BCUT2D eigenvalue weighted by Crippen LogP contribution is 2.44. The van der Waals surface area contributed by atoms with E-state index in [0.29, 0.717) is 57.7 Å². The monoisotopic (exact) mass is 443 g/mol. The average Bonchev–Trinajstić information content (AvgIpc) is 3.16. The molecule has 1 aliphatic heterocycles. The van der Waals surface area contributed by atoms with Crippen LogP contribution in [0.5, 0.6) is 0 Å². The van der Waals surface area contributed by atoms with Gasteiger partial charge in [-0.3, -0.25) is 19.6 Å². The highest BCUT2D eigenvalue weighted by atomic mass is 35.5. The predicted octanol–water partition coefficient (Wildman–Crippen LogP) is 4.19. The maximum atomic E-state index is 12.8. The number of fused-ring (bicyclic) bond motifs is 1. The van der Waals surface area contributed by atoms with Gasteiger partial charge in [0, 0.05) is 28.3 Å². The lowest BCUT2D eigenvalue weighted by atomic mass is 9.79. The minimum absolute atomic E-state index is 0.0486. The molecule has 0 radical (unpaired) electrons. The zero-order valence-corrected chi connectivity index (χ0v) is 17.0. The number of allylic oxidation sites excluding steroid dienone is 2. The lowest BCUT2D eigenvalue weighted by Gasteiger charge is -2.31. The van der Waals surface area contributed by atoms with Crippen LogP contribution in [0.15, 0.2) is 55.6 Å². The van der Waals surface area contributed by atoms with Gasteiger partial charge in [-0.15, -0.1) is 0 Å². The lowest BCUT2D eigenvalue weighted by Crippen LogP contribution is -2.35. The van der Waals surface area contributed by atoms with Gasteiger partial charge >= 0.3 is 5.69 Å². The molecule has 1 unspecified atom stereocenters. The van der Waals surface area contributed by atoms with Crippen molar-refractivity contribution in [1.29, 1.82) is 0 Å². The summed E-state index contributed by atoms with van der Waals surface area (Å²) in [5, 5.41) is 3.99. The number of anilines is 1. The summed E-state index contributed by atoms with van der Waals surface area (Å²) in [6.45, 7) is 0. The molecule has 2 aromatic heterocycles. The van der Waals surface area contributed by atoms with Gasteiger partial charge in [0.15, 0.2) is 5.78 Å². The SMILES string of the molecule is O=C1CCCC2=C1C(c1ccc(-c3ccc(Cl)cc3Cl)o1)c1c([nH]c(=O)[nH]c1=O)N2. The second-order valence-corrected chi connectivity index (χ2v) is 8.09. The van der Waals surface area contributed by atoms with Gasteiger partial charge in [0.2, 0.25) is 0 Å². The Hall–Kier alpha value is -3.03. The molecule has 9 heteroatoms. The molecule has 5 rings (SSSR count). The van der Waals surface area contributed by atoms with E-state index in [1.54, 1.807) is 30.3 Å². The van der Waals surface area contributed by atoms with Gasteiger partial charge in [-0.25, -0.2) is 4.79 Å². The summed E-state index contributed by atoms with van der Waals surface area (Å²) >= 11 is 12.3. The Bertz CT molecular complexity index is 1350. The molecular weight excluding hydrogens is 429 g/mol. The fraction of sp³-hybridized carbons (Fsp3) is 0.190. The maximum Gasteiger partial charge on any atom is 0.327 e. The molecule has 0 spiro atoms. The van der Waals surface area contributed by atoms with E-state index in [4.69, 9.17) is 27.6 Å². The standard InChI is InChI=1S/C21H15Cl2N3O4/c22-9-4-5-10(11(23)8-9)14-6-7-15(30-14)17-16-12(2-1-3-13(16)27)24-19-18(17)20(28)26-21(29)25-19/h4-8,17H,1-3H2,(H3,24,25,26,28,29). The molecule has 1 atom stereocenters. The van der Waals surface area contributed by atoms with E-state index < -0.39 is 17.2 Å². The van der Waals surface area contributed by atoms with Gasteiger partial charge in [0.1, 0.15) is 17.3 Å². The number of aromatic amines is 2. The Morgan fingerprint density at radius 3 is 2.63 bits per heavy atom. The molecule has 1 aromatic carbocycles. The van der Waals surface area contributed by atoms with E-state index in [-0.39, 0.29) is 17.2 Å². The number of nitrogens with one attached hydrogen (secondary N) is 3. The van der Waals surface area contributed by atoms with Crippen LogP contribution in [0, 0.1) is 0 Å². The summed E-state index contributed by atoms with van der Waals surface area (Å²) in [6, 6.07) is 8.51. The summed E-state index contributed by atoms with van der Waals surface area (Å²) in [4.78, 5) is 42.2. The number of H-pyrrole nitrogens is 2. The number of benzene rings is 1. The highest BCUT2D eigenvalue weighted by molar-refractivity contribution is 6.36. The third kappa shape index (κ3) is 3.02. The molecule has 152 valence electrons. The molecule has 2 aliphatic rings. The highest BCUT2D eigenvalue weighted by Gasteiger charge is 2.39. The van der Waals surface area contributed by atoms with Crippen LogP contribution >= 0.6 is 23.2 Å². The number of ketones is 1. The van der Waals surface area contributed by atoms with Gasteiger partial charge in [0.25, 0.3) is 5.56 Å². The van der Waals surface area contributed by atoms with Crippen molar-refractivity contribution in [2.24, 2.45) is 0 Å². The van der Waals surface area contributed by atoms with Crippen LogP contribution in [0.25, 0.3) is 11.3 Å². The van der Waals surface area contributed by atoms with Crippen molar-refractivity contribution >= 4 is 34.8 Å². The number of hydrogen-bond acceptors (Lipinski definition) is 5. The first-order chi connectivity index (χ1) is 14.4. The first kappa shape index (κ1) is 19.0. The van der Waals surface area contributed by atoms with Crippen molar-refractivity contribution in [3.8, 4) is 11.3 Å². The van der Waals surface area contributed by atoms with Crippen LogP contribution < -0.4 is 16.6 Å². The number of Topliss-reactive ketones (excluding diaryl/α,β-unsaturated/α-hetero) is 1. The zero-order valence-electron chi connectivity index (χ0n) is 15.5. The van der Waals surface area contributed by atoms with Crippen LogP contribution in [0.1, 0.15) is 36.5 Å². The number of rotatable bonds is 2. The Kier molecular flexibility index (Phi) is 4.45. The third-order valence-corrected chi connectivity index (χ3v) is 5.94. The molecule has 7 nitrogen and oxygen atoms in total. The van der Waals surface area contributed by atoms with Crippen LogP contribution in [-0.4, -0.2) is 15.8 Å². The molecule has 3 aromatic rings. The van der Waals surface area contributed by atoms with Crippen LogP contribution in [-0.2, 0) is 4.79 Å². The van der Waals surface area contributed by atoms with Gasteiger partial charge in [0.05, 0.1) is 16.5 Å². The number of carbonyl (C=O) groups excluding carboxylic acids is 1. The van der Waals surface area contributed by atoms with E-state index in [1.165, 1.54) is 0 Å². The number of furan rings is 1. The van der Waals surface area contributed by atoms with E-state index in [1.807, 2.05) is 0 Å². The second kappa shape index (κ2) is 7.04. The minimum atomic E-state index is -0.732. The molecule has 0 saturated heterocycles. The van der Waals surface area contributed by atoms with Crippen LogP contribution in [0.3, 0.4) is 0 Å². The first-order valence-electron chi connectivity index (χ1n) is 9.37. The van der Waals surface area contributed by atoms with Crippen molar-refractivity contribution in [2.75, 3.05) is 5.32 Å². The van der Waals surface area contributed by atoms with E-state index in [0.717, 1.165) is 0 Å². The molecule has 0 bridgehead atoms. The normalized spacial score (nSPS) is 18.1. The number of aromatic nitrogens is 2. The summed E-state index contributed by atoms with van der Waals surface area (Å²) in [5.41, 5.74) is 0.887. The minimum Gasteiger partial charge on any atom is -0.460 e. The van der Waals surface area contributed by atoms with Gasteiger partial charge in [-0.2, -0.15) is 0 Å². The Morgan fingerprint density at radius 1 is 1.00 bits per heavy atom. The van der Waals surface area contributed by atoms with Crippen LogP contribution in [0.4, 0.5) is 5.82 Å². The Balaban J connectivity index is 1.70. The molecule has 30 heavy (non-hydrogen) atoms. The lowest BCUT2D eigenvalue weighted by molar-refractivity contribution is -0.116. The van der Waals surface area contributed by atoms with E-state index in [9.17, 15) is 14.4 Å². The molecular formula is C21H15Cl2N3O4. The second-order valence-electron chi connectivity index (χ2n) is 7.25. The number of halogens is 2. The van der Waals surface area contributed by atoms with Crippen molar-refractivity contribution in [2.45, 2.75) is 25.2 Å². The predicted molar refractivity (Wildman–Crippen MR) is 113 cm³/mol. The zero-order chi connectivity index (χ0) is 21.0. The van der Waals surface area contributed by atoms with Crippen molar-refractivity contribution in [3.05, 3.63) is 83.8 Å². The molecule has 1 aliphatic carbocycles. The number of carbonyl (C=O) groups is 1. The van der Waals surface area contributed by atoms with E-state index >= 15 is 0 Å². The third-order valence-electron chi connectivity index (χ3n) is 5.40. The topological polar surface area (TPSA) is 108 Å². The maximum absolute atomic E-state index is 12.8. The molecule has 3 N–H and O–H groups in total. The van der Waals surface area contributed by atoms with Crippen LogP contribution in [0.2, 0.25) is 10.0 Å². The molecule has 0 amide bonds. The smallest absolute Gasteiger partial charge is 0.327 e. The molecule has 3 heterocycles. The summed E-state index contributed by atoms with van der Waals surface area (Å²) in [6.07, 6.45) is 1.73. The Morgan fingerprint density at radius 2 is 1.83 bits per heavy atom. The quantitative estimate of drug-likeness (QED) is 0.549.